The fourth-order valence-electron chi connectivity index (χ4n) is 3.86. The van der Waals surface area contributed by atoms with Gasteiger partial charge < -0.3 is 20.7 Å². The van der Waals surface area contributed by atoms with Crippen LogP contribution in [0.1, 0.15) is 24.8 Å². The number of rotatable bonds is 7. The van der Waals surface area contributed by atoms with Crippen molar-refractivity contribution in [2.75, 3.05) is 32.8 Å². The molecule has 140 valence electrons. The van der Waals surface area contributed by atoms with Gasteiger partial charge in [0.1, 0.15) is 0 Å². The lowest BCUT2D eigenvalue weighted by atomic mass is 9.94. The molecule has 0 radical (unpaired) electrons. The second kappa shape index (κ2) is 10.8. The Morgan fingerprint density at radius 2 is 2.08 bits per heavy atom. The van der Waals surface area contributed by atoms with Gasteiger partial charge in [-0.2, -0.15) is 0 Å². The molecule has 2 fully saturated rings. The highest BCUT2D eigenvalue weighted by Gasteiger charge is 2.34. The monoisotopic (exact) mass is 367 g/mol. The highest BCUT2D eigenvalue weighted by molar-refractivity contribution is 5.85. The molecule has 3 unspecified atom stereocenters. The topological polar surface area (TPSA) is 62.4 Å². The Balaban J connectivity index is 0.00000225. The SMILES string of the molecule is Cl.O=C(CNC1CCCC1C1COCCN1)NCCc1ccccc1. The van der Waals surface area contributed by atoms with Crippen LogP contribution in [-0.4, -0.2) is 50.8 Å². The van der Waals surface area contributed by atoms with Crippen molar-refractivity contribution >= 4 is 18.3 Å². The molecule has 1 aromatic carbocycles. The normalized spacial score (nSPS) is 26.0. The molecule has 2 aliphatic rings. The van der Waals surface area contributed by atoms with Crippen LogP contribution in [-0.2, 0) is 16.0 Å². The minimum atomic E-state index is 0. The molecule has 0 aromatic heterocycles. The summed E-state index contributed by atoms with van der Waals surface area (Å²) in [4.78, 5) is 12.1. The molecule has 1 saturated carbocycles. The van der Waals surface area contributed by atoms with Crippen LogP contribution in [0.4, 0.5) is 0 Å². The number of benzene rings is 1. The van der Waals surface area contributed by atoms with E-state index in [-0.39, 0.29) is 18.3 Å². The van der Waals surface area contributed by atoms with Crippen molar-refractivity contribution in [3.63, 3.8) is 0 Å². The second-order valence-corrected chi connectivity index (χ2v) is 6.80. The van der Waals surface area contributed by atoms with Crippen LogP contribution in [0.15, 0.2) is 30.3 Å². The predicted molar refractivity (Wildman–Crippen MR) is 102 cm³/mol. The van der Waals surface area contributed by atoms with Gasteiger partial charge in [0.2, 0.25) is 5.91 Å². The summed E-state index contributed by atoms with van der Waals surface area (Å²) in [6, 6.07) is 11.1. The third kappa shape index (κ3) is 6.26. The van der Waals surface area contributed by atoms with Gasteiger partial charge in [-0.1, -0.05) is 36.8 Å². The first-order valence-electron chi connectivity index (χ1n) is 9.18. The van der Waals surface area contributed by atoms with Crippen molar-refractivity contribution in [1.82, 2.24) is 16.0 Å². The summed E-state index contributed by atoms with van der Waals surface area (Å²) < 4.78 is 5.59. The Bertz CT molecular complexity index is 509. The summed E-state index contributed by atoms with van der Waals surface area (Å²) in [5.41, 5.74) is 1.25. The third-order valence-electron chi connectivity index (χ3n) is 5.14. The van der Waals surface area contributed by atoms with Gasteiger partial charge in [0.15, 0.2) is 0 Å². The predicted octanol–water partition coefficient (Wildman–Crippen LogP) is 1.51. The Kier molecular flexibility index (Phi) is 8.68. The zero-order valence-electron chi connectivity index (χ0n) is 14.7. The largest absolute Gasteiger partial charge is 0.379 e. The highest BCUT2D eigenvalue weighted by Crippen LogP contribution is 2.29. The van der Waals surface area contributed by atoms with E-state index < -0.39 is 0 Å². The first-order chi connectivity index (χ1) is 11.8. The number of ether oxygens (including phenoxy) is 1. The molecule has 1 aliphatic carbocycles. The molecule has 6 heteroatoms. The minimum absolute atomic E-state index is 0. The number of carbonyl (C=O) groups is 1. The van der Waals surface area contributed by atoms with Crippen LogP contribution in [0.3, 0.4) is 0 Å². The highest BCUT2D eigenvalue weighted by atomic mass is 35.5. The standard InChI is InChI=1S/C19H29N3O2.ClH/c23-19(21-10-9-15-5-2-1-3-6-15)13-22-17-8-4-7-16(17)18-14-24-12-11-20-18;/h1-3,5-6,16-18,20,22H,4,7-14H2,(H,21,23);1H. The van der Waals surface area contributed by atoms with Crippen LogP contribution in [0.25, 0.3) is 0 Å². The lowest BCUT2D eigenvalue weighted by molar-refractivity contribution is -0.120. The van der Waals surface area contributed by atoms with Crippen LogP contribution in [0.2, 0.25) is 0 Å². The maximum absolute atomic E-state index is 12.1. The molecule has 3 rings (SSSR count). The molecule has 0 spiro atoms. The summed E-state index contributed by atoms with van der Waals surface area (Å²) in [6.45, 7) is 3.64. The number of morpholine rings is 1. The van der Waals surface area contributed by atoms with Crippen LogP contribution >= 0.6 is 12.4 Å². The molecule has 1 amide bonds. The zero-order valence-corrected chi connectivity index (χ0v) is 15.5. The number of hydrogen-bond donors (Lipinski definition) is 3. The number of hydrogen-bond acceptors (Lipinski definition) is 4. The van der Waals surface area contributed by atoms with Crippen molar-refractivity contribution in [1.29, 1.82) is 0 Å². The molecule has 1 heterocycles. The van der Waals surface area contributed by atoms with Gasteiger partial charge in [-0.25, -0.2) is 0 Å². The number of carbonyl (C=O) groups excluding carboxylic acids is 1. The first-order valence-corrected chi connectivity index (χ1v) is 9.18. The molecular weight excluding hydrogens is 338 g/mol. The number of halogens is 1. The van der Waals surface area contributed by atoms with E-state index >= 15 is 0 Å². The van der Waals surface area contributed by atoms with Crippen LogP contribution < -0.4 is 16.0 Å². The molecule has 1 aliphatic heterocycles. The van der Waals surface area contributed by atoms with E-state index in [0.717, 1.165) is 32.6 Å². The zero-order chi connectivity index (χ0) is 16.6. The van der Waals surface area contributed by atoms with Gasteiger partial charge >= 0.3 is 0 Å². The summed E-state index contributed by atoms with van der Waals surface area (Å²) in [5, 5.41) is 10.0. The summed E-state index contributed by atoms with van der Waals surface area (Å²) in [7, 11) is 0. The van der Waals surface area contributed by atoms with Crippen molar-refractivity contribution in [3.8, 4) is 0 Å². The van der Waals surface area contributed by atoms with Gasteiger partial charge in [-0.05, 0) is 30.7 Å². The molecule has 3 N–H and O–H groups in total. The summed E-state index contributed by atoms with van der Waals surface area (Å²) in [5.74, 6) is 0.659. The average Bonchev–Trinajstić information content (AvgIpc) is 3.10. The number of nitrogens with one attached hydrogen (secondary N) is 3. The van der Waals surface area contributed by atoms with Crippen LogP contribution in [0, 0.1) is 5.92 Å². The summed E-state index contributed by atoms with van der Waals surface area (Å²) in [6.07, 6.45) is 4.48. The van der Waals surface area contributed by atoms with E-state index in [1.54, 1.807) is 0 Å². The van der Waals surface area contributed by atoms with E-state index in [4.69, 9.17) is 4.74 Å². The van der Waals surface area contributed by atoms with Crippen LogP contribution in [0.5, 0.6) is 0 Å². The number of amides is 1. The van der Waals surface area contributed by atoms with E-state index in [9.17, 15) is 4.79 Å². The third-order valence-corrected chi connectivity index (χ3v) is 5.14. The molecule has 25 heavy (non-hydrogen) atoms. The summed E-state index contributed by atoms with van der Waals surface area (Å²) >= 11 is 0. The van der Waals surface area contributed by atoms with Crippen molar-refractivity contribution in [2.45, 2.75) is 37.8 Å². The fraction of sp³-hybridized carbons (Fsp3) is 0.632. The molecule has 3 atom stereocenters. The fourth-order valence-corrected chi connectivity index (χ4v) is 3.86. The Hall–Kier alpha value is -1.14. The minimum Gasteiger partial charge on any atom is -0.379 e. The average molecular weight is 368 g/mol. The molecular formula is C19H30ClN3O2. The van der Waals surface area contributed by atoms with E-state index in [2.05, 4.69) is 28.1 Å². The quantitative estimate of drug-likeness (QED) is 0.683. The van der Waals surface area contributed by atoms with Crippen molar-refractivity contribution < 1.29 is 9.53 Å². The van der Waals surface area contributed by atoms with Gasteiger partial charge in [-0.15, -0.1) is 12.4 Å². The molecule has 1 aromatic rings. The maximum atomic E-state index is 12.1. The lowest BCUT2D eigenvalue weighted by Crippen LogP contribution is -2.52. The first kappa shape index (κ1) is 20.2. The molecule has 0 bridgehead atoms. The Morgan fingerprint density at radius 1 is 1.24 bits per heavy atom. The van der Waals surface area contributed by atoms with Gasteiger partial charge in [0, 0.05) is 25.2 Å². The molecule has 5 nitrogen and oxygen atoms in total. The Labute approximate surface area is 156 Å². The smallest absolute Gasteiger partial charge is 0.233 e. The van der Waals surface area contributed by atoms with Crippen molar-refractivity contribution in [3.05, 3.63) is 35.9 Å². The van der Waals surface area contributed by atoms with Gasteiger partial charge in [0.05, 0.1) is 19.8 Å². The lowest BCUT2D eigenvalue weighted by Gasteiger charge is -2.32. The van der Waals surface area contributed by atoms with Gasteiger partial charge in [-0.3, -0.25) is 4.79 Å². The Morgan fingerprint density at radius 3 is 2.84 bits per heavy atom. The van der Waals surface area contributed by atoms with E-state index in [1.807, 2.05) is 18.2 Å². The second-order valence-electron chi connectivity index (χ2n) is 6.80. The van der Waals surface area contributed by atoms with Gasteiger partial charge in [0.25, 0.3) is 0 Å². The van der Waals surface area contributed by atoms with Crippen molar-refractivity contribution in [2.24, 2.45) is 5.92 Å². The maximum Gasteiger partial charge on any atom is 0.233 e. The van der Waals surface area contributed by atoms with E-state index in [1.165, 1.54) is 18.4 Å². The van der Waals surface area contributed by atoms with E-state index in [0.29, 0.717) is 31.1 Å². The molecule has 1 saturated heterocycles.